The van der Waals surface area contributed by atoms with Crippen LogP contribution in [0.2, 0.25) is 0 Å². The maximum absolute atomic E-state index is 14.3. The summed E-state index contributed by atoms with van der Waals surface area (Å²) in [6, 6.07) is 11.7. The number of Topliss-reactive ketones (excluding diaryl/α,β-unsaturated/α-hetero) is 1. The first-order valence-electron chi connectivity index (χ1n) is 12.9. The Kier molecular flexibility index (Phi) is 8.37. The van der Waals surface area contributed by atoms with Gasteiger partial charge in [-0.05, 0) is 56.5 Å². The second kappa shape index (κ2) is 11.6. The number of esters is 2. The van der Waals surface area contributed by atoms with Gasteiger partial charge in [-0.1, -0.05) is 30.3 Å². The molecule has 7 nitrogen and oxygen atoms in total. The van der Waals surface area contributed by atoms with Crippen molar-refractivity contribution in [1.29, 1.82) is 0 Å². The minimum atomic E-state index is -4.76. The molecule has 1 aliphatic carbocycles. The van der Waals surface area contributed by atoms with Gasteiger partial charge in [-0.2, -0.15) is 13.2 Å². The summed E-state index contributed by atoms with van der Waals surface area (Å²) in [4.78, 5) is 40.7. The topological polar surface area (TPSA) is 90.9 Å². The molecule has 0 unspecified atom stereocenters. The van der Waals surface area contributed by atoms with Crippen molar-refractivity contribution in [2.45, 2.75) is 45.2 Å². The van der Waals surface area contributed by atoms with E-state index in [-0.39, 0.29) is 42.0 Å². The molecule has 3 atom stereocenters. The number of allylic oxidation sites excluding steroid dienone is 3. The van der Waals surface area contributed by atoms with E-state index in [1.165, 1.54) is 25.3 Å². The molecule has 1 N–H and O–H groups in total. The first-order chi connectivity index (χ1) is 19.0. The predicted octanol–water partition coefficient (Wildman–Crippen LogP) is 5.43. The second-order valence-electron chi connectivity index (χ2n) is 9.47. The molecule has 0 amide bonds. The van der Waals surface area contributed by atoms with Gasteiger partial charge in [0.05, 0.1) is 31.5 Å². The third-order valence-corrected chi connectivity index (χ3v) is 7.18. The molecule has 2 aromatic rings. The largest absolute Gasteiger partial charge is 0.497 e. The van der Waals surface area contributed by atoms with E-state index in [1.54, 1.807) is 45.0 Å². The van der Waals surface area contributed by atoms with Crippen LogP contribution in [0, 0.1) is 5.92 Å². The predicted molar refractivity (Wildman–Crippen MR) is 139 cm³/mol. The summed E-state index contributed by atoms with van der Waals surface area (Å²) in [5.74, 6) is -5.17. The van der Waals surface area contributed by atoms with Crippen LogP contribution in [-0.2, 0) is 30.0 Å². The van der Waals surface area contributed by atoms with Crippen LogP contribution >= 0.6 is 0 Å². The second-order valence-corrected chi connectivity index (χ2v) is 9.47. The molecular formula is C30H30F3NO6. The van der Waals surface area contributed by atoms with E-state index in [0.717, 1.165) is 6.07 Å². The molecule has 2 aliphatic rings. The van der Waals surface area contributed by atoms with Crippen LogP contribution in [0.5, 0.6) is 5.75 Å². The van der Waals surface area contributed by atoms with Crippen LogP contribution in [-0.4, -0.2) is 38.0 Å². The summed E-state index contributed by atoms with van der Waals surface area (Å²) in [6.07, 6.45) is -4.64. The van der Waals surface area contributed by atoms with Gasteiger partial charge in [-0.25, -0.2) is 4.79 Å². The van der Waals surface area contributed by atoms with Crippen LogP contribution in [0.25, 0.3) is 0 Å². The Morgan fingerprint density at radius 1 is 1.00 bits per heavy atom. The minimum absolute atomic E-state index is 0.00945. The molecule has 0 saturated heterocycles. The molecule has 4 rings (SSSR count). The fourth-order valence-corrected chi connectivity index (χ4v) is 5.50. The van der Waals surface area contributed by atoms with E-state index in [1.807, 2.05) is 0 Å². The molecular weight excluding hydrogens is 527 g/mol. The maximum atomic E-state index is 14.3. The standard InChI is InChI=1S/C30H30F3NO6/c1-5-39-28(36)23-16(3)34-22-15-20(17-11-13-18(38-4)14-12-17)25(29(37)40-6-2)27(35)26(22)24(23)19-9-7-8-10-21(19)30(31,32)33/h7-14,20,24-25,34H,5-6,15H2,1-4H3/t20-,24+,25-/m1/s1. The molecule has 0 saturated carbocycles. The summed E-state index contributed by atoms with van der Waals surface area (Å²) < 4.78 is 58.4. The number of ketones is 1. The molecule has 40 heavy (non-hydrogen) atoms. The Morgan fingerprint density at radius 3 is 2.25 bits per heavy atom. The molecule has 0 aromatic heterocycles. The monoisotopic (exact) mass is 557 g/mol. The van der Waals surface area contributed by atoms with Crippen molar-refractivity contribution >= 4 is 17.7 Å². The third-order valence-electron chi connectivity index (χ3n) is 7.18. The number of nitrogens with one attached hydrogen (secondary N) is 1. The van der Waals surface area contributed by atoms with E-state index in [2.05, 4.69) is 5.32 Å². The fraction of sp³-hybridized carbons (Fsp3) is 0.367. The molecule has 0 bridgehead atoms. The zero-order valence-electron chi connectivity index (χ0n) is 22.6. The van der Waals surface area contributed by atoms with E-state index in [9.17, 15) is 27.6 Å². The summed E-state index contributed by atoms with van der Waals surface area (Å²) in [5.41, 5.74) is -0.171. The highest BCUT2D eigenvalue weighted by molar-refractivity contribution is 6.13. The first-order valence-corrected chi connectivity index (χ1v) is 12.9. The molecule has 1 heterocycles. The molecule has 10 heteroatoms. The fourth-order valence-electron chi connectivity index (χ4n) is 5.50. The number of carbonyl (C=O) groups excluding carboxylic acids is 3. The third kappa shape index (κ3) is 5.35. The Hall–Kier alpha value is -4.08. The van der Waals surface area contributed by atoms with Crippen molar-refractivity contribution in [2.24, 2.45) is 5.92 Å². The lowest BCUT2D eigenvalue weighted by Gasteiger charge is -2.40. The molecule has 0 fully saturated rings. The highest BCUT2D eigenvalue weighted by Crippen LogP contribution is 2.50. The normalized spacial score (nSPS) is 21.0. The van der Waals surface area contributed by atoms with E-state index < -0.39 is 47.2 Å². The number of hydrogen-bond donors (Lipinski definition) is 1. The van der Waals surface area contributed by atoms with Crippen LogP contribution in [0.4, 0.5) is 13.2 Å². The number of dihydropyridines is 1. The quantitative estimate of drug-likeness (QED) is 0.359. The summed E-state index contributed by atoms with van der Waals surface area (Å²) >= 11 is 0. The van der Waals surface area contributed by atoms with Crippen molar-refractivity contribution in [3.63, 3.8) is 0 Å². The molecule has 2 aromatic carbocycles. The van der Waals surface area contributed by atoms with E-state index in [0.29, 0.717) is 17.0 Å². The van der Waals surface area contributed by atoms with Crippen LogP contribution in [0.1, 0.15) is 55.7 Å². The van der Waals surface area contributed by atoms with Crippen molar-refractivity contribution in [2.75, 3.05) is 20.3 Å². The average molecular weight is 558 g/mol. The number of halogens is 3. The van der Waals surface area contributed by atoms with E-state index in [4.69, 9.17) is 14.2 Å². The lowest BCUT2D eigenvalue weighted by Crippen LogP contribution is -2.43. The van der Waals surface area contributed by atoms with Crippen LogP contribution in [0.3, 0.4) is 0 Å². The van der Waals surface area contributed by atoms with Crippen molar-refractivity contribution in [3.8, 4) is 5.75 Å². The number of rotatable bonds is 7. The Morgan fingerprint density at radius 2 is 1.65 bits per heavy atom. The minimum Gasteiger partial charge on any atom is -0.497 e. The zero-order valence-corrected chi connectivity index (χ0v) is 22.6. The molecule has 212 valence electrons. The number of hydrogen-bond acceptors (Lipinski definition) is 7. The number of methoxy groups -OCH3 is 1. The SMILES string of the molecule is CCOC(=O)C1=C(C)NC2=C(C(=O)[C@H](C(=O)OCC)[C@@H](c3ccc(OC)cc3)C2)[C@H]1c1ccccc1C(F)(F)F. The average Bonchev–Trinajstić information content (AvgIpc) is 2.92. The highest BCUT2D eigenvalue weighted by atomic mass is 19.4. The first kappa shape index (κ1) is 28.9. The van der Waals surface area contributed by atoms with Crippen molar-refractivity contribution in [3.05, 3.63) is 87.8 Å². The van der Waals surface area contributed by atoms with Crippen molar-refractivity contribution in [1.82, 2.24) is 5.32 Å². The zero-order chi connectivity index (χ0) is 29.2. The number of alkyl halides is 3. The highest BCUT2D eigenvalue weighted by Gasteiger charge is 2.50. The van der Waals surface area contributed by atoms with Gasteiger partial charge in [-0.15, -0.1) is 0 Å². The van der Waals surface area contributed by atoms with Gasteiger partial charge in [0.25, 0.3) is 0 Å². The Bertz CT molecular complexity index is 1380. The molecule has 0 radical (unpaired) electrons. The van der Waals surface area contributed by atoms with Crippen LogP contribution in [0.15, 0.2) is 71.1 Å². The number of carbonyl (C=O) groups is 3. The lowest BCUT2D eigenvalue weighted by molar-refractivity contribution is -0.152. The number of ether oxygens (including phenoxy) is 3. The summed E-state index contributed by atoms with van der Waals surface area (Å²) in [6.45, 7) is 4.73. The smallest absolute Gasteiger partial charge is 0.416 e. The van der Waals surface area contributed by atoms with Gasteiger partial charge in [-0.3, -0.25) is 9.59 Å². The van der Waals surface area contributed by atoms with Gasteiger partial charge >= 0.3 is 18.1 Å². The lowest BCUT2D eigenvalue weighted by atomic mass is 9.66. The Labute approximate surface area is 230 Å². The van der Waals surface area contributed by atoms with Gasteiger partial charge in [0.1, 0.15) is 11.7 Å². The maximum Gasteiger partial charge on any atom is 0.416 e. The van der Waals surface area contributed by atoms with E-state index >= 15 is 0 Å². The molecule has 0 spiro atoms. The summed E-state index contributed by atoms with van der Waals surface area (Å²) in [7, 11) is 1.51. The number of benzene rings is 2. The van der Waals surface area contributed by atoms with Gasteiger partial charge < -0.3 is 19.5 Å². The van der Waals surface area contributed by atoms with Gasteiger partial charge in [0.2, 0.25) is 0 Å². The Balaban J connectivity index is 1.95. The van der Waals surface area contributed by atoms with Gasteiger partial charge in [0.15, 0.2) is 5.78 Å². The van der Waals surface area contributed by atoms with Crippen molar-refractivity contribution < 1.29 is 41.8 Å². The van der Waals surface area contributed by atoms with Gasteiger partial charge in [0, 0.05) is 28.8 Å². The summed E-state index contributed by atoms with van der Waals surface area (Å²) in [5, 5.41) is 3.09. The van der Waals surface area contributed by atoms with Crippen LogP contribution < -0.4 is 10.1 Å². The molecule has 1 aliphatic heterocycles.